The minimum Gasteiger partial charge on any atom is -0.508 e. The molecule has 7 nitrogen and oxygen atoms in total. The highest BCUT2D eigenvalue weighted by molar-refractivity contribution is 6.04. The fraction of sp³-hybridized carbons (Fsp3) is 0.333. The zero-order valence-corrected chi connectivity index (χ0v) is 13.0. The first-order valence-electron chi connectivity index (χ1n) is 6.68. The SMILES string of the molecule is COC(C)(C)Oc1cc(O)cc(C(=O)Nc2ccn(C)n2)c1. The number of anilines is 1. The molecule has 1 aromatic heterocycles. The minimum absolute atomic E-state index is 0.0735. The second-order valence-corrected chi connectivity index (χ2v) is 5.25. The predicted octanol–water partition coefficient (Wildman–Crippen LogP) is 2.14. The summed E-state index contributed by atoms with van der Waals surface area (Å²) in [5.74, 6) is -0.582. The lowest BCUT2D eigenvalue weighted by molar-refractivity contribution is -0.134. The van der Waals surface area contributed by atoms with Gasteiger partial charge in [-0.3, -0.25) is 9.48 Å². The lowest BCUT2D eigenvalue weighted by atomic mass is 10.2. The molecule has 0 fully saturated rings. The van der Waals surface area contributed by atoms with Gasteiger partial charge in [-0.2, -0.15) is 5.10 Å². The molecule has 2 N–H and O–H groups in total. The Kier molecular flexibility index (Phi) is 4.37. The van der Waals surface area contributed by atoms with Crippen molar-refractivity contribution in [1.29, 1.82) is 0 Å². The Balaban J connectivity index is 2.20. The number of carbonyl (C=O) groups is 1. The molecular formula is C15H19N3O4. The number of phenols is 1. The van der Waals surface area contributed by atoms with Crippen LogP contribution in [0, 0.1) is 0 Å². The van der Waals surface area contributed by atoms with E-state index in [1.54, 1.807) is 37.8 Å². The molecule has 0 saturated heterocycles. The van der Waals surface area contributed by atoms with Crippen LogP contribution in [-0.2, 0) is 11.8 Å². The fourth-order valence-electron chi connectivity index (χ4n) is 1.77. The zero-order valence-electron chi connectivity index (χ0n) is 13.0. The summed E-state index contributed by atoms with van der Waals surface area (Å²) < 4.78 is 12.3. The van der Waals surface area contributed by atoms with E-state index in [1.165, 1.54) is 25.3 Å². The van der Waals surface area contributed by atoms with E-state index in [9.17, 15) is 9.90 Å². The molecule has 0 atom stereocenters. The Morgan fingerprint density at radius 2 is 2.09 bits per heavy atom. The highest BCUT2D eigenvalue weighted by atomic mass is 16.7. The van der Waals surface area contributed by atoms with Crippen LogP contribution in [0.1, 0.15) is 24.2 Å². The topological polar surface area (TPSA) is 85.6 Å². The van der Waals surface area contributed by atoms with E-state index in [0.29, 0.717) is 11.6 Å². The first-order valence-corrected chi connectivity index (χ1v) is 6.68. The molecule has 22 heavy (non-hydrogen) atoms. The Bertz CT molecular complexity index is 679. The Labute approximate surface area is 128 Å². The van der Waals surface area contributed by atoms with Crippen molar-refractivity contribution in [2.24, 2.45) is 7.05 Å². The number of nitrogens with one attached hydrogen (secondary N) is 1. The number of carbonyl (C=O) groups excluding carboxylic acids is 1. The zero-order chi connectivity index (χ0) is 16.3. The van der Waals surface area contributed by atoms with Crippen molar-refractivity contribution in [3.63, 3.8) is 0 Å². The summed E-state index contributed by atoms with van der Waals surface area (Å²) in [6, 6.07) is 5.97. The van der Waals surface area contributed by atoms with Gasteiger partial charge in [0.05, 0.1) is 0 Å². The average Bonchev–Trinajstić information content (AvgIpc) is 2.83. The second-order valence-electron chi connectivity index (χ2n) is 5.25. The lowest BCUT2D eigenvalue weighted by Crippen LogP contribution is -2.30. The van der Waals surface area contributed by atoms with Crippen LogP contribution in [0.3, 0.4) is 0 Å². The number of hydrogen-bond donors (Lipinski definition) is 2. The molecule has 1 amide bonds. The fourth-order valence-corrected chi connectivity index (χ4v) is 1.77. The number of ether oxygens (including phenoxy) is 2. The molecule has 0 radical (unpaired) electrons. The number of rotatable bonds is 5. The second kappa shape index (κ2) is 6.07. The molecule has 118 valence electrons. The van der Waals surface area contributed by atoms with Gasteiger partial charge in [0.25, 0.3) is 5.91 Å². The van der Waals surface area contributed by atoms with E-state index in [2.05, 4.69) is 10.4 Å². The Morgan fingerprint density at radius 3 is 2.68 bits per heavy atom. The molecule has 0 spiro atoms. The summed E-state index contributed by atoms with van der Waals surface area (Å²) in [6.07, 6.45) is 1.72. The van der Waals surface area contributed by atoms with Crippen LogP contribution in [0.25, 0.3) is 0 Å². The highest BCUT2D eigenvalue weighted by Crippen LogP contribution is 2.26. The third kappa shape index (κ3) is 3.98. The lowest BCUT2D eigenvalue weighted by Gasteiger charge is -2.24. The van der Waals surface area contributed by atoms with Crippen LogP contribution in [0.2, 0.25) is 0 Å². The van der Waals surface area contributed by atoms with E-state index in [0.717, 1.165) is 0 Å². The maximum Gasteiger partial charge on any atom is 0.257 e. The quantitative estimate of drug-likeness (QED) is 0.827. The first kappa shape index (κ1) is 15.8. The van der Waals surface area contributed by atoms with Gasteiger partial charge >= 0.3 is 0 Å². The van der Waals surface area contributed by atoms with Gasteiger partial charge in [-0.1, -0.05) is 0 Å². The van der Waals surface area contributed by atoms with Gasteiger partial charge in [0.2, 0.25) is 5.79 Å². The smallest absolute Gasteiger partial charge is 0.257 e. The molecule has 1 heterocycles. The summed E-state index contributed by atoms with van der Waals surface area (Å²) in [6.45, 7) is 3.45. The largest absolute Gasteiger partial charge is 0.508 e. The van der Waals surface area contributed by atoms with Crippen molar-refractivity contribution < 1.29 is 19.4 Å². The third-order valence-corrected chi connectivity index (χ3v) is 2.96. The van der Waals surface area contributed by atoms with Crippen molar-refractivity contribution in [2.75, 3.05) is 12.4 Å². The van der Waals surface area contributed by atoms with E-state index in [1.807, 2.05) is 0 Å². The number of amides is 1. The van der Waals surface area contributed by atoms with Crippen molar-refractivity contribution in [3.05, 3.63) is 36.0 Å². The number of nitrogens with zero attached hydrogens (tertiary/aromatic N) is 2. The number of aromatic hydroxyl groups is 1. The molecule has 0 aliphatic carbocycles. The summed E-state index contributed by atoms with van der Waals surface area (Å²) in [5.41, 5.74) is 0.257. The van der Waals surface area contributed by atoms with Gasteiger partial charge in [-0.15, -0.1) is 0 Å². The van der Waals surface area contributed by atoms with Crippen LogP contribution in [-0.4, -0.2) is 33.7 Å². The monoisotopic (exact) mass is 305 g/mol. The van der Waals surface area contributed by atoms with Gasteiger partial charge in [0.15, 0.2) is 5.82 Å². The highest BCUT2D eigenvalue weighted by Gasteiger charge is 2.20. The van der Waals surface area contributed by atoms with E-state index >= 15 is 0 Å². The van der Waals surface area contributed by atoms with E-state index in [-0.39, 0.29) is 11.3 Å². The summed E-state index contributed by atoms with van der Waals surface area (Å²) in [7, 11) is 3.26. The van der Waals surface area contributed by atoms with Crippen LogP contribution in [0.15, 0.2) is 30.5 Å². The molecule has 2 aromatic rings. The molecular weight excluding hydrogens is 286 g/mol. The third-order valence-electron chi connectivity index (χ3n) is 2.96. The molecule has 0 unspecified atom stereocenters. The van der Waals surface area contributed by atoms with Crippen LogP contribution in [0.5, 0.6) is 11.5 Å². The van der Waals surface area contributed by atoms with Crippen LogP contribution in [0.4, 0.5) is 5.82 Å². The number of phenolic OH excluding ortho intramolecular Hbond substituents is 1. The maximum atomic E-state index is 12.2. The van der Waals surface area contributed by atoms with E-state index in [4.69, 9.17) is 9.47 Å². The van der Waals surface area contributed by atoms with Crippen molar-refractivity contribution in [2.45, 2.75) is 19.6 Å². The molecule has 0 saturated carbocycles. The Hall–Kier alpha value is -2.54. The number of benzene rings is 1. The average molecular weight is 305 g/mol. The first-order chi connectivity index (χ1) is 10.3. The van der Waals surface area contributed by atoms with Gasteiger partial charge < -0.3 is 19.9 Å². The molecule has 7 heteroatoms. The maximum absolute atomic E-state index is 12.2. The van der Waals surface area contributed by atoms with Gasteiger partial charge in [0, 0.05) is 51.9 Å². The number of methoxy groups -OCH3 is 1. The van der Waals surface area contributed by atoms with Crippen molar-refractivity contribution >= 4 is 11.7 Å². The van der Waals surface area contributed by atoms with Crippen molar-refractivity contribution in [3.8, 4) is 11.5 Å². The molecule has 2 rings (SSSR count). The molecule has 1 aromatic carbocycles. The Morgan fingerprint density at radius 1 is 1.36 bits per heavy atom. The van der Waals surface area contributed by atoms with Crippen molar-refractivity contribution in [1.82, 2.24) is 9.78 Å². The van der Waals surface area contributed by atoms with Gasteiger partial charge in [-0.25, -0.2) is 0 Å². The summed E-state index contributed by atoms with van der Waals surface area (Å²) in [5, 5.41) is 16.5. The minimum atomic E-state index is -0.872. The van der Waals surface area contributed by atoms with Gasteiger partial charge in [0.1, 0.15) is 11.5 Å². The molecule has 0 aliphatic heterocycles. The molecule has 0 aliphatic rings. The number of hydrogen-bond acceptors (Lipinski definition) is 5. The van der Waals surface area contributed by atoms with Crippen LogP contribution < -0.4 is 10.1 Å². The summed E-state index contributed by atoms with van der Waals surface area (Å²) >= 11 is 0. The van der Waals surface area contributed by atoms with E-state index < -0.39 is 11.7 Å². The van der Waals surface area contributed by atoms with Crippen LogP contribution >= 0.6 is 0 Å². The molecule has 0 bridgehead atoms. The standard InChI is InChI=1S/C15H19N3O4/c1-15(2,21-4)22-12-8-10(7-11(19)9-12)14(20)16-13-5-6-18(3)17-13/h5-9,19H,1-4H3,(H,16,17,20). The summed E-state index contributed by atoms with van der Waals surface area (Å²) in [4.78, 5) is 12.2. The predicted molar refractivity (Wildman–Crippen MR) is 81.0 cm³/mol. The van der Waals surface area contributed by atoms with Gasteiger partial charge in [-0.05, 0) is 12.1 Å². The normalized spacial score (nSPS) is 11.3. The number of aryl methyl sites for hydroxylation is 1. The number of aromatic nitrogens is 2.